The molecule has 0 radical (unpaired) electrons. The van der Waals surface area contributed by atoms with Crippen molar-refractivity contribution in [3.63, 3.8) is 0 Å². The summed E-state index contributed by atoms with van der Waals surface area (Å²) in [6.45, 7) is 12.1. The molecule has 1 rings (SSSR count). The van der Waals surface area contributed by atoms with Crippen molar-refractivity contribution in [1.82, 2.24) is 5.32 Å². The van der Waals surface area contributed by atoms with E-state index in [9.17, 15) is 9.90 Å². The molecule has 3 N–H and O–H groups in total. The van der Waals surface area contributed by atoms with E-state index in [0.717, 1.165) is 11.1 Å². The van der Waals surface area contributed by atoms with Crippen LogP contribution < -0.4 is 5.32 Å². The van der Waals surface area contributed by atoms with E-state index < -0.39 is 0 Å². The molecule has 0 aliphatic carbocycles. The summed E-state index contributed by atoms with van der Waals surface area (Å²) in [6, 6.07) is 3.47. The highest BCUT2D eigenvalue weighted by molar-refractivity contribution is 5.95. The minimum atomic E-state index is -0.267. The minimum absolute atomic E-state index is 0.0952. The number of aliphatic hydroxyl groups excluding tert-OH is 1. The first-order valence-electron chi connectivity index (χ1n) is 7.25. The van der Waals surface area contributed by atoms with Crippen molar-refractivity contribution in [2.45, 2.75) is 52.4 Å². The van der Waals surface area contributed by atoms with Crippen molar-refractivity contribution in [2.75, 3.05) is 13.2 Å². The van der Waals surface area contributed by atoms with Crippen LogP contribution in [0.5, 0.6) is 5.75 Å². The number of amides is 1. The molecule has 0 unspecified atom stereocenters. The zero-order chi connectivity index (χ0) is 16.4. The second-order valence-corrected chi connectivity index (χ2v) is 7.40. The van der Waals surface area contributed by atoms with Gasteiger partial charge in [0.25, 0.3) is 5.91 Å². The summed E-state index contributed by atoms with van der Waals surface area (Å²) in [5, 5.41) is 22.0. The predicted molar refractivity (Wildman–Crippen MR) is 84.9 cm³/mol. The number of carbonyl (C=O) groups excluding carboxylic acids is 1. The number of hydrogen-bond acceptors (Lipinski definition) is 3. The molecule has 0 heterocycles. The van der Waals surface area contributed by atoms with E-state index in [2.05, 4.69) is 5.32 Å². The third kappa shape index (κ3) is 4.21. The van der Waals surface area contributed by atoms with Gasteiger partial charge in [-0.3, -0.25) is 4.79 Å². The van der Waals surface area contributed by atoms with Gasteiger partial charge < -0.3 is 15.5 Å². The maximum absolute atomic E-state index is 12.2. The lowest BCUT2D eigenvalue weighted by Gasteiger charge is -2.28. The number of aromatic hydroxyl groups is 1. The second kappa shape index (κ2) is 6.06. The fraction of sp³-hybridized carbons (Fsp3) is 0.588. The molecule has 0 atom stereocenters. The van der Waals surface area contributed by atoms with Gasteiger partial charge in [-0.05, 0) is 23.0 Å². The van der Waals surface area contributed by atoms with Crippen LogP contribution >= 0.6 is 0 Å². The Hall–Kier alpha value is -1.55. The molecule has 0 fully saturated rings. The lowest BCUT2D eigenvalue weighted by atomic mass is 9.78. The molecule has 0 spiro atoms. The zero-order valence-corrected chi connectivity index (χ0v) is 13.9. The van der Waals surface area contributed by atoms with Gasteiger partial charge in [-0.25, -0.2) is 0 Å². The third-order valence-electron chi connectivity index (χ3n) is 3.39. The lowest BCUT2D eigenvalue weighted by Crippen LogP contribution is -2.28. The van der Waals surface area contributed by atoms with Crippen molar-refractivity contribution < 1.29 is 15.0 Å². The van der Waals surface area contributed by atoms with Crippen LogP contribution in [0.3, 0.4) is 0 Å². The molecule has 4 nitrogen and oxygen atoms in total. The molecule has 0 aliphatic rings. The van der Waals surface area contributed by atoms with E-state index in [-0.39, 0.29) is 35.6 Å². The molecule has 0 aliphatic heterocycles. The highest BCUT2D eigenvalue weighted by atomic mass is 16.3. The fourth-order valence-electron chi connectivity index (χ4n) is 2.18. The Labute approximate surface area is 127 Å². The fourth-order valence-corrected chi connectivity index (χ4v) is 2.18. The summed E-state index contributed by atoms with van der Waals surface area (Å²) in [6.07, 6.45) is 0. The van der Waals surface area contributed by atoms with Crippen LogP contribution in [0.25, 0.3) is 0 Å². The van der Waals surface area contributed by atoms with Gasteiger partial charge in [-0.15, -0.1) is 0 Å². The van der Waals surface area contributed by atoms with Crippen LogP contribution in [0.15, 0.2) is 12.1 Å². The van der Waals surface area contributed by atoms with E-state index >= 15 is 0 Å². The summed E-state index contributed by atoms with van der Waals surface area (Å²) in [4.78, 5) is 12.2. The van der Waals surface area contributed by atoms with Gasteiger partial charge in [0.1, 0.15) is 5.75 Å². The largest absolute Gasteiger partial charge is 0.507 e. The molecule has 0 saturated carbocycles. The van der Waals surface area contributed by atoms with Crippen LogP contribution in [0.1, 0.15) is 63.0 Å². The Kier molecular flexibility index (Phi) is 5.05. The van der Waals surface area contributed by atoms with Crippen molar-refractivity contribution in [2.24, 2.45) is 0 Å². The number of aliphatic hydroxyl groups is 1. The van der Waals surface area contributed by atoms with Crippen LogP contribution in [-0.4, -0.2) is 29.3 Å². The van der Waals surface area contributed by atoms with Crippen molar-refractivity contribution in [3.8, 4) is 5.75 Å². The van der Waals surface area contributed by atoms with Crippen LogP contribution in [0.2, 0.25) is 0 Å². The number of carbonyl (C=O) groups is 1. The van der Waals surface area contributed by atoms with Gasteiger partial charge in [0.05, 0.1) is 6.61 Å². The number of phenols is 1. The van der Waals surface area contributed by atoms with Gasteiger partial charge in [0.15, 0.2) is 0 Å². The molecule has 118 valence electrons. The lowest BCUT2D eigenvalue weighted by molar-refractivity contribution is 0.0944. The summed E-state index contributed by atoms with van der Waals surface area (Å²) < 4.78 is 0. The highest BCUT2D eigenvalue weighted by Crippen LogP contribution is 2.39. The Morgan fingerprint density at radius 1 is 1.05 bits per heavy atom. The average Bonchev–Trinajstić information content (AvgIpc) is 2.33. The van der Waals surface area contributed by atoms with E-state index in [4.69, 9.17) is 5.11 Å². The number of benzene rings is 1. The molecule has 1 amide bonds. The molecule has 1 aromatic carbocycles. The van der Waals surface area contributed by atoms with E-state index in [1.807, 2.05) is 41.5 Å². The van der Waals surface area contributed by atoms with E-state index in [1.54, 1.807) is 12.1 Å². The number of hydrogen-bond donors (Lipinski definition) is 3. The highest BCUT2D eigenvalue weighted by Gasteiger charge is 2.27. The molecular weight excluding hydrogens is 266 g/mol. The van der Waals surface area contributed by atoms with Crippen LogP contribution in [0.4, 0.5) is 0 Å². The van der Waals surface area contributed by atoms with E-state index in [0.29, 0.717) is 5.56 Å². The molecule has 1 aromatic rings. The Balaban J connectivity index is 3.44. The molecular formula is C17H27NO3. The average molecular weight is 293 g/mol. The zero-order valence-electron chi connectivity index (χ0n) is 13.9. The smallest absolute Gasteiger partial charge is 0.251 e. The maximum Gasteiger partial charge on any atom is 0.251 e. The predicted octanol–water partition coefficient (Wildman–Crippen LogP) is 2.71. The minimum Gasteiger partial charge on any atom is -0.507 e. The Bertz CT molecular complexity index is 487. The third-order valence-corrected chi connectivity index (χ3v) is 3.39. The molecule has 4 heteroatoms. The van der Waals surface area contributed by atoms with E-state index in [1.165, 1.54) is 0 Å². The summed E-state index contributed by atoms with van der Waals surface area (Å²) in [5.41, 5.74) is 1.48. The normalized spacial score (nSPS) is 12.3. The van der Waals surface area contributed by atoms with Gasteiger partial charge in [0.2, 0.25) is 0 Å². The Morgan fingerprint density at radius 3 is 1.81 bits per heavy atom. The first kappa shape index (κ1) is 17.5. The topological polar surface area (TPSA) is 69.6 Å². The van der Waals surface area contributed by atoms with Crippen LogP contribution in [-0.2, 0) is 10.8 Å². The Morgan fingerprint density at radius 2 is 1.48 bits per heavy atom. The first-order chi connectivity index (χ1) is 9.48. The number of nitrogens with one attached hydrogen (secondary N) is 1. The maximum atomic E-state index is 12.2. The van der Waals surface area contributed by atoms with Crippen LogP contribution in [0, 0.1) is 0 Å². The summed E-state index contributed by atoms with van der Waals surface area (Å²) >= 11 is 0. The van der Waals surface area contributed by atoms with Gasteiger partial charge in [-0.1, -0.05) is 41.5 Å². The van der Waals surface area contributed by atoms with Gasteiger partial charge >= 0.3 is 0 Å². The molecule has 0 saturated heterocycles. The molecule has 0 bridgehead atoms. The molecule has 0 aromatic heterocycles. The summed E-state index contributed by atoms with van der Waals surface area (Å²) in [7, 11) is 0. The van der Waals surface area contributed by atoms with Gasteiger partial charge in [0, 0.05) is 23.2 Å². The monoisotopic (exact) mass is 293 g/mol. The quantitative estimate of drug-likeness (QED) is 0.802. The first-order valence-corrected chi connectivity index (χ1v) is 7.25. The van der Waals surface area contributed by atoms with Gasteiger partial charge in [-0.2, -0.15) is 0 Å². The van der Waals surface area contributed by atoms with Crippen molar-refractivity contribution in [1.29, 1.82) is 0 Å². The second-order valence-electron chi connectivity index (χ2n) is 7.40. The number of phenolic OH excluding ortho intramolecular Hbond substituents is 1. The summed E-state index contributed by atoms with van der Waals surface area (Å²) in [5.74, 6) is 0.0220. The van der Waals surface area contributed by atoms with Crippen molar-refractivity contribution in [3.05, 3.63) is 28.8 Å². The molecule has 21 heavy (non-hydrogen) atoms. The van der Waals surface area contributed by atoms with Crippen molar-refractivity contribution >= 4 is 5.91 Å². The number of rotatable bonds is 3. The standard InChI is InChI=1S/C17H27NO3/c1-16(2,3)12-9-11(15(21)18-7-8-19)10-13(14(12)20)17(4,5)6/h9-10,19-20H,7-8H2,1-6H3,(H,18,21). The SMILES string of the molecule is CC(C)(C)c1cc(C(=O)NCCO)cc(C(C)(C)C)c1O.